The van der Waals surface area contributed by atoms with Crippen molar-refractivity contribution in [2.24, 2.45) is 0 Å². The van der Waals surface area contributed by atoms with Gasteiger partial charge in [0, 0.05) is 30.1 Å². The molecule has 0 spiro atoms. The van der Waals surface area contributed by atoms with Crippen LogP contribution in [-0.2, 0) is 11.2 Å². The minimum Gasteiger partial charge on any atom is -0.361 e. The maximum Gasteiger partial charge on any atom is 0.220 e. The normalized spacial score (nSPS) is 10.5. The van der Waals surface area contributed by atoms with E-state index >= 15 is 0 Å². The molecule has 2 N–H and O–H groups in total. The second kappa shape index (κ2) is 7.04. The van der Waals surface area contributed by atoms with E-state index in [2.05, 4.69) is 22.4 Å². The first-order chi connectivity index (χ1) is 9.31. The quantitative estimate of drug-likeness (QED) is 0.602. The van der Waals surface area contributed by atoms with Gasteiger partial charge in [-0.05, 0) is 36.3 Å². The average Bonchev–Trinajstić information content (AvgIpc) is 2.83. The Labute approximate surface area is 118 Å². The molecule has 0 fully saturated rings. The summed E-state index contributed by atoms with van der Waals surface area (Å²) in [5.41, 5.74) is 2.39. The molecular weight excluding hydrogens is 256 g/mol. The molecule has 0 aliphatic carbocycles. The molecule has 4 heteroatoms. The number of fused-ring (bicyclic) bond motifs is 1. The van der Waals surface area contributed by atoms with E-state index in [0.29, 0.717) is 13.0 Å². The van der Waals surface area contributed by atoms with Gasteiger partial charge in [-0.2, -0.15) is 0 Å². The third-order valence-electron chi connectivity index (χ3n) is 3.12. The number of hydrogen-bond donors (Lipinski definition) is 2. The highest BCUT2D eigenvalue weighted by atomic mass is 32.1. The fourth-order valence-corrected chi connectivity index (χ4v) is 2.28. The third-order valence-corrected chi connectivity index (χ3v) is 3.35. The minimum atomic E-state index is 0.108. The zero-order valence-corrected chi connectivity index (χ0v) is 11.6. The fourth-order valence-electron chi connectivity index (χ4n) is 2.11. The van der Waals surface area contributed by atoms with Crippen molar-refractivity contribution in [1.82, 2.24) is 10.3 Å². The predicted octanol–water partition coefficient (Wildman–Crippen LogP) is 3.00. The molecule has 2 rings (SSSR count). The van der Waals surface area contributed by atoms with Crippen molar-refractivity contribution in [1.29, 1.82) is 0 Å². The van der Waals surface area contributed by atoms with Crippen molar-refractivity contribution >= 4 is 34.4 Å². The van der Waals surface area contributed by atoms with E-state index < -0.39 is 0 Å². The number of rotatable bonds is 7. The summed E-state index contributed by atoms with van der Waals surface area (Å²) >= 11 is 4.73. The molecule has 0 bridgehead atoms. The van der Waals surface area contributed by atoms with E-state index in [1.54, 1.807) is 5.37 Å². The van der Waals surface area contributed by atoms with E-state index in [1.807, 2.05) is 18.3 Å². The summed E-state index contributed by atoms with van der Waals surface area (Å²) in [6.07, 6.45) is 5.08. The number of benzene rings is 1. The summed E-state index contributed by atoms with van der Waals surface area (Å²) in [6.45, 7) is 0.679. The first-order valence-corrected chi connectivity index (χ1v) is 7.03. The molecule has 0 aliphatic heterocycles. The summed E-state index contributed by atoms with van der Waals surface area (Å²) < 4.78 is 0. The van der Waals surface area contributed by atoms with Crippen molar-refractivity contribution in [3.05, 3.63) is 36.0 Å². The second-order valence-electron chi connectivity index (χ2n) is 4.52. The van der Waals surface area contributed by atoms with Crippen LogP contribution >= 0.6 is 12.2 Å². The lowest BCUT2D eigenvalue weighted by molar-refractivity contribution is -0.121. The number of H-pyrrole nitrogens is 1. The van der Waals surface area contributed by atoms with Gasteiger partial charge in [0.25, 0.3) is 0 Å². The van der Waals surface area contributed by atoms with E-state index in [0.717, 1.165) is 24.8 Å². The Morgan fingerprint density at radius 1 is 1.37 bits per heavy atom. The Kier molecular flexibility index (Phi) is 5.10. The zero-order chi connectivity index (χ0) is 13.5. The lowest BCUT2D eigenvalue weighted by atomic mass is 10.1. The van der Waals surface area contributed by atoms with Gasteiger partial charge in [-0.1, -0.05) is 30.4 Å². The summed E-state index contributed by atoms with van der Waals surface area (Å²) in [5, 5.41) is 5.86. The number of carbonyl (C=O) groups excluding carboxylic acids is 1. The van der Waals surface area contributed by atoms with E-state index in [4.69, 9.17) is 12.2 Å². The summed E-state index contributed by atoms with van der Waals surface area (Å²) in [5.74, 6) is 0.108. The number of aromatic amines is 1. The Bertz CT molecular complexity index is 562. The SMILES string of the molecule is O=C(CCCC=S)NCCc1c[nH]c2ccccc12. The highest BCUT2D eigenvalue weighted by Gasteiger charge is 2.04. The van der Waals surface area contributed by atoms with Crippen LogP contribution < -0.4 is 5.32 Å². The van der Waals surface area contributed by atoms with E-state index in [1.165, 1.54) is 10.9 Å². The summed E-state index contributed by atoms with van der Waals surface area (Å²) in [6, 6.07) is 8.20. The predicted molar refractivity (Wildman–Crippen MR) is 82.5 cm³/mol. The van der Waals surface area contributed by atoms with Crippen molar-refractivity contribution in [2.75, 3.05) is 6.54 Å². The van der Waals surface area contributed by atoms with Gasteiger partial charge in [0.2, 0.25) is 5.91 Å². The molecular formula is C15H18N2OS. The van der Waals surface area contributed by atoms with Crippen LogP contribution in [0.2, 0.25) is 0 Å². The van der Waals surface area contributed by atoms with Crippen molar-refractivity contribution in [2.45, 2.75) is 25.7 Å². The lowest BCUT2D eigenvalue weighted by Crippen LogP contribution is -2.25. The van der Waals surface area contributed by atoms with Gasteiger partial charge < -0.3 is 10.3 Å². The molecule has 2 aromatic rings. The Morgan fingerprint density at radius 2 is 2.21 bits per heavy atom. The Morgan fingerprint density at radius 3 is 3.05 bits per heavy atom. The van der Waals surface area contributed by atoms with Crippen LogP contribution in [0.1, 0.15) is 24.8 Å². The first-order valence-electron chi connectivity index (χ1n) is 6.56. The molecule has 0 radical (unpaired) electrons. The van der Waals surface area contributed by atoms with Crippen LogP contribution in [0.15, 0.2) is 30.5 Å². The fraction of sp³-hybridized carbons (Fsp3) is 0.333. The van der Waals surface area contributed by atoms with Gasteiger partial charge >= 0.3 is 0 Å². The molecule has 0 saturated heterocycles. The molecule has 3 nitrogen and oxygen atoms in total. The number of unbranched alkanes of at least 4 members (excludes halogenated alkanes) is 1. The minimum absolute atomic E-state index is 0.108. The van der Waals surface area contributed by atoms with Crippen molar-refractivity contribution in [3.63, 3.8) is 0 Å². The second-order valence-corrected chi connectivity index (χ2v) is 4.85. The van der Waals surface area contributed by atoms with Gasteiger partial charge in [-0.3, -0.25) is 4.79 Å². The van der Waals surface area contributed by atoms with Gasteiger partial charge in [-0.15, -0.1) is 0 Å². The van der Waals surface area contributed by atoms with Gasteiger partial charge in [0.05, 0.1) is 0 Å². The monoisotopic (exact) mass is 274 g/mol. The molecule has 1 heterocycles. The number of carbonyl (C=O) groups is 1. The van der Waals surface area contributed by atoms with Crippen LogP contribution in [0.4, 0.5) is 0 Å². The van der Waals surface area contributed by atoms with Crippen LogP contribution in [0.3, 0.4) is 0 Å². The number of aromatic nitrogens is 1. The molecule has 1 aromatic carbocycles. The van der Waals surface area contributed by atoms with E-state index in [9.17, 15) is 4.79 Å². The van der Waals surface area contributed by atoms with Crippen LogP contribution in [0.25, 0.3) is 10.9 Å². The Hall–Kier alpha value is -1.68. The molecule has 19 heavy (non-hydrogen) atoms. The maximum atomic E-state index is 11.5. The van der Waals surface area contributed by atoms with Crippen molar-refractivity contribution < 1.29 is 4.79 Å². The van der Waals surface area contributed by atoms with Crippen LogP contribution in [0, 0.1) is 0 Å². The summed E-state index contributed by atoms with van der Waals surface area (Å²) in [7, 11) is 0. The van der Waals surface area contributed by atoms with E-state index in [-0.39, 0.29) is 5.91 Å². The van der Waals surface area contributed by atoms with Crippen LogP contribution in [0.5, 0.6) is 0 Å². The number of amides is 1. The molecule has 0 aliphatic rings. The molecule has 1 amide bonds. The number of hydrogen-bond acceptors (Lipinski definition) is 2. The number of nitrogens with one attached hydrogen (secondary N) is 2. The largest absolute Gasteiger partial charge is 0.361 e. The average molecular weight is 274 g/mol. The molecule has 0 saturated carbocycles. The molecule has 0 atom stereocenters. The standard InChI is InChI=1S/C15H18N2OS/c18-15(7-3-4-10-19)16-9-8-12-11-17-14-6-2-1-5-13(12)14/h1-2,5-6,10-11,17H,3-4,7-9H2,(H,16,18). The molecule has 1 aromatic heterocycles. The smallest absolute Gasteiger partial charge is 0.220 e. The van der Waals surface area contributed by atoms with Crippen LogP contribution in [-0.4, -0.2) is 22.8 Å². The van der Waals surface area contributed by atoms with Gasteiger partial charge in [-0.25, -0.2) is 0 Å². The number of thiocarbonyl (C=S) groups is 1. The highest BCUT2D eigenvalue weighted by Crippen LogP contribution is 2.17. The van der Waals surface area contributed by atoms with Gasteiger partial charge in [0.1, 0.15) is 0 Å². The molecule has 100 valence electrons. The summed E-state index contributed by atoms with van der Waals surface area (Å²) in [4.78, 5) is 14.8. The first kappa shape index (κ1) is 13.7. The lowest BCUT2D eigenvalue weighted by Gasteiger charge is -2.04. The molecule has 0 unspecified atom stereocenters. The zero-order valence-electron chi connectivity index (χ0n) is 10.8. The topological polar surface area (TPSA) is 44.9 Å². The number of para-hydroxylation sites is 1. The third kappa shape index (κ3) is 3.89. The Balaban J connectivity index is 1.79. The van der Waals surface area contributed by atoms with Crippen molar-refractivity contribution in [3.8, 4) is 0 Å². The van der Waals surface area contributed by atoms with Gasteiger partial charge in [0.15, 0.2) is 0 Å². The maximum absolute atomic E-state index is 11.5. The highest BCUT2D eigenvalue weighted by molar-refractivity contribution is 7.78.